The summed E-state index contributed by atoms with van der Waals surface area (Å²) in [7, 11) is -3.75. The zero-order valence-corrected chi connectivity index (χ0v) is 17.8. The standard InChI is InChI=1S/C24H25FN2O2S/c1-24(30(28,29)27-16-6-5-15-26-27)18-21(20-7-3-2-4-8-20)11-12-22(24)17-19-9-13-23(25)14-10-19/h2-4,7-15H,5-6,16-18H2,1H3/t24-/m0/s1. The maximum absolute atomic E-state index is 13.8. The average molecular weight is 425 g/mol. The lowest BCUT2D eigenvalue weighted by Crippen LogP contribution is -2.48. The minimum atomic E-state index is -3.75. The number of nitrogens with zero attached hydrogens (tertiary/aromatic N) is 2. The van der Waals surface area contributed by atoms with E-state index in [-0.39, 0.29) is 5.82 Å². The Morgan fingerprint density at radius 1 is 1.07 bits per heavy atom. The van der Waals surface area contributed by atoms with Gasteiger partial charge in [-0.05, 0) is 67.0 Å². The van der Waals surface area contributed by atoms with Gasteiger partial charge < -0.3 is 0 Å². The summed E-state index contributed by atoms with van der Waals surface area (Å²) in [5.74, 6) is -0.305. The van der Waals surface area contributed by atoms with E-state index < -0.39 is 14.8 Å². The van der Waals surface area contributed by atoms with Gasteiger partial charge >= 0.3 is 0 Å². The molecule has 0 saturated carbocycles. The third-order valence-electron chi connectivity index (χ3n) is 5.89. The number of hydrogen-bond acceptors (Lipinski definition) is 3. The average Bonchev–Trinajstić information content (AvgIpc) is 2.78. The van der Waals surface area contributed by atoms with Gasteiger partial charge in [-0.1, -0.05) is 54.6 Å². The Bertz CT molecular complexity index is 1110. The summed E-state index contributed by atoms with van der Waals surface area (Å²) in [6.45, 7) is 2.18. The fourth-order valence-electron chi connectivity index (χ4n) is 4.03. The van der Waals surface area contributed by atoms with Crippen LogP contribution in [0, 0.1) is 5.82 Å². The van der Waals surface area contributed by atoms with Crippen molar-refractivity contribution >= 4 is 21.8 Å². The van der Waals surface area contributed by atoms with Gasteiger partial charge in [0, 0.05) is 6.21 Å². The molecule has 0 radical (unpaired) electrons. The normalized spacial score (nSPS) is 21.9. The quantitative estimate of drug-likeness (QED) is 0.682. The summed E-state index contributed by atoms with van der Waals surface area (Å²) in [5, 5.41) is 4.20. The molecular weight excluding hydrogens is 399 g/mol. The Balaban J connectivity index is 1.77. The van der Waals surface area contributed by atoms with Crippen molar-refractivity contribution in [2.75, 3.05) is 6.54 Å². The zero-order chi connectivity index (χ0) is 21.2. The van der Waals surface area contributed by atoms with Gasteiger partial charge in [-0.25, -0.2) is 12.8 Å². The number of rotatable bonds is 5. The fraction of sp³-hybridized carbons (Fsp3) is 0.292. The Morgan fingerprint density at radius 2 is 1.80 bits per heavy atom. The van der Waals surface area contributed by atoms with Crippen LogP contribution in [0.1, 0.15) is 37.3 Å². The van der Waals surface area contributed by atoms with E-state index in [9.17, 15) is 12.8 Å². The van der Waals surface area contributed by atoms with Crippen molar-refractivity contribution in [1.29, 1.82) is 0 Å². The third-order valence-corrected chi connectivity index (χ3v) is 8.26. The van der Waals surface area contributed by atoms with Crippen LogP contribution in [0.4, 0.5) is 4.39 Å². The molecule has 2 aromatic rings. The lowest BCUT2D eigenvalue weighted by molar-refractivity contribution is 0.395. The molecule has 30 heavy (non-hydrogen) atoms. The van der Waals surface area contributed by atoms with E-state index in [4.69, 9.17) is 0 Å². The second kappa shape index (κ2) is 8.19. The van der Waals surface area contributed by atoms with Gasteiger partial charge in [-0.3, -0.25) is 0 Å². The van der Waals surface area contributed by atoms with E-state index in [1.807, 2.05) is 42.5 Å². The van der Waals surface area contributed by atoms with Gasteiger partial charge in [0.05, 0.1) is 6.54 Å². The summed E-state index contributed by atoms with van der Waals surface area (Å²) >= 11 is 0. The molecule has 0 unspecified atom stereocenters. The molecule has 1 heterocycles. The number of hydrogen-bond donors (Lipinski definition) is 0. The first-order valence-corrected chi connectivity index (χ1v) is 11.6. The second-order valence-corrected chi connectivity index (χ2v) is 10.2. The monoisotopic (exact) mass is 424 g/mol. The summed E-state index contributed by atoms with van der Waals surface area (Å²) in [6, 6.07) is 16.1. The van der Waals surface area contributed by atoms with Crippen LogP contribution in [0.15, 0.2) is 77.4 Å². The number of allylic oxidation sites excluding steroid dienone is 3. The van der Waals surface area contributed by atoms with Crippen molar-refractivity contribution in [2.24, 2.45) is 5.10 Å². The number of sulfonamides is 1. The lowest BCUT2D eigenvalue weighted by atomic mass is 9.82. The van der Waals surface area contributed by atoms with Gasteiger partial charge in [0.1, 0.15) is 10.6 Å². The van der Waals surface area contributed by atoms with E-state index in [0.29, 0.717) is 19.4 Å². The predicted octanol–water partition coefficient (Wildman–Crippen LogP) is 4.95. The minimum absolute atomic E-state index is 0.305. The Kier molecular flexibility index (Phi) is 5.60. The highest BCUT2D eigenvalue weighted by molar-refractivity contribution is 7.90. The molecule has 0 aromatic heterocycles. The smallest absolute Gasteiger partial charge is 0.207 e. The van der Waals surface area contributed by atoms with Gasteiger partial charge in [-0.15, -0.1) is 0 Å². The lowest BCUT2D eigenvalue weighted by Gasteiger charge is -2.39. The molecule has 2 aromatic carbocycles. The topological polar surface area (TPSA) is 49.7 Å². The van der Waals surface area contributed by atoms with E-state index in [0.717, 1.165) is 35.1 Å². The largest absolute Gasteiger partial charge is 0.259 e. The minimum Gasteiger partial charge on any atom is -0.207 e. The summed E-state index contributed by atoms with van der Waals surface area (Å²) in [6.07, 6.45) is 7.94. The van der Waals surface area contributed by atoms with Crippen LogP contribution in [0.25, 0.3) is 5.57 Å². The fourth-order valence-corrected chi connectivity index (χ4v) is 5.86. The van der Waals surface area contributed by atoms with Gasteiger partial charge in [0.25, 0.3) is 10.0 Å². The van der Waals surface area contributed by atoms with E-state index in [2.05, 4.69) is 5.10 Å². The molecule has 1 atom stereocenters. The molecule has 0 bridgehead atoms. The van der Waals surface area contributed by atoms with Crippen LogP contribution in [0.5, 0.6) is 0 Å². The van der Waals surface area contributed by atoms with E-state index >= 15 is 0 Å². The van der Waals surface area contributed by atoms with Gasteiger partial charge in [0.15, 0.2) is 0 Å². The summed E-state index contributed by atoms with van der Waals surface area (Å²) in [4.78, 5) is 0. The maximum atomic E-state index is 13.8. The first-order chi connectivity index (χ1) is 14.4. The second-order valence-electron chi connectivity index (χ2n) is 7.95. The highest BCUT2D eigenvalue weighted by Crippen LogP contribution is 2.43. The van der Waals surface area contributed by atoms with Gasteiger partial charge in [0.2, 0.25) is 0 Å². The molecule has 1 aliphatic heterocycles. The Hall–Kier alpha value is -2.73. The van der Waals surface area contributed by atoms with E-state index in [1.54, 1.807) is 25.3 Å². The molecule has 1 aliphatic carbocycles. The first-order valence-electron chi connectivity index (χ1n) is 10.1. The van der Waals surface area contributed by atoms with Crippen molar-refractivity contribution in [3.05, 3.63) is 89.3 Å². The first kappa shape index (κ1) is 20.5. The van der Waals surface area contributed by atoms with Crippen molar-refractivity contribution in [1.82, 2.24) is 4.41 Å². The molecule has 0 saturated heterocycles. The third kappa shape index (κ3) is 3.84. The highest BCUT2D eigenvalue weighted by Gasteiger charge is 2.47. The molecule has 0 N–H and O–H groups in total. The SMILES string of the molecule is C[C@]1(S(=O)(=O)N2CCCC=N2)CC(c2ccccc2)=CC=C1Cc1ccc(F)cc1. The molecule has 0 fully saturated rings. The van der Waals surface area contributed by atoms with Crippen molar-refractivity contribution in [2.45, 2.75) is 37.4 Å². The molecule has 2 aliphatic rings. The van der Waals surface area contributed by atoms with Crippen molar-refractivity contribution in [3.63, 3.8) is 0 Å². The molecular formula is C24H25FN2O2S. The predicted molar refractivity (Wildman–Crippen MR) is 119 cm³/mol. The van der Waals surface area contributed by atoms with E-state index in [1.165, 1.54) is 16.5 Å². The molecule has 0 amide bonds. The Morgan fingerprint density at radius 3 is 2.47 bits per heavy atom. The van der Waals surface area contributed by atoms with Crippen LogP contribution in [-0.4, -0.2) is 30.3 Å². The van der Waals surface area contributed by atoms with Crippen LogP contribution < -0.4 is 0 Å². The zero-order valence-electron chi connectivity index (χ0n) is 17.0. The van der Waals surface area contributed by atoms with Crippen LogP contribution in [0.2, 0.25) is 0 Å². The van der Waals surface area contributed by atoms with Crippen molar-refractivity contribution < 1.29 is 12.8 Å². The highest BCUT2D eigenvalue weighted by atomic mass is 32.2. The number of halogens is 1. The number of benzene rings is 2. The Labute approximate surface area is 177 Å². The van der Waals surface area contributed by atoms with Crippen molar-refractivity contribution in [3.8, 4) is 0 Å². The molecule has 4 rings (SSSR count). The van der Waals surface area contributed by atoms with Crippen LogP contribution in [0.3, 0.4) is 0 Å². The molecule has 156 valence electrons. The molecule has 0 spiro atoms. The maximum Gasteiger partial charge on any atom is 0.259 e. The molecule has 4 nitrogen and oxygen atoms in total. The van der Waals surface area contributed by atoms with Crippen LogP contribution in [-0.2, 0) is 16.4 Å². The summed E-state index contributed by atoms with van der Waals surface area (Å²) in [5.41, 5.74) is 3.65. The van der Waals surface area contributed by atoms with Crippen LogP contribution >= 0.6 is 0 Å². The molecule has 6 heteroatoms. The number of hydrazone groups is 1. The van der Waals surface area contributed by atoms with Gasteiger partial charge in [-0.2, -0.15) is 9.52 Å². The summed E-state index contributed by atoms with van der Waals surface area (Å²) < 4.78 is 41.0.